The lowest BCUT2D eigenvalue weighted by molar-refractivity contribution is -0.143. The first kappa shape index (κ1) is 90.1. The maximum Gasteiger partial charge on any atom is 0.305 e. The number of amides is 1. The molecule has 0 aliphatic carbocycles. The predicted molar refractivity (Wildman–Crippen MR) is 407 cm³/mol. The van der Waals surface area contributed by atoms with Gasteiger partial charge in [-0.05, 0) is 83.5 Å². The van der Waals surface area contributed by atoms with Gasteiger partial charge >= 0.3 is 5.97 Å². The Balaban J connectivity index is 3.36. The molecule has 0 aliphatic rings. The normalized spacial score (nSPS) is 12.6. The van der Waals surface area contributed by atoms with Crippen molar-refractivity contribution in [3.05, 3.63) is 36.5 Å². The maximum atomic E-state index is 12.6. The summed E-state index contributed by atoms with van der Waals surface area (Å²) in [4.78, 5) is 24.7. The SMILES string of the molecule is CCCCCCCC/C=C\CCCCCCCCCCCC(=O)OCCCCCCCCCCCCC/C=C\C/C=C\CCCCCCCCCCCCCCCCCCCC(=O)NC(CO)C(O)CCCCCCCCCCCCCCCCCCCCCCC. The van der Waals surface area contributed by atoms with Gasteiger partial charge in [0.05, 0.1) is 25.4 Å². The minimum absolute atomic E-state index is 0.0173. The molecule has 2 unspecified atom stereocenters. The molecule has 0 rings (SSSR count). The van der Waals surface area contributed by atoms with Crippen LogP contribution >= 0.6 is 0 Å². The highest BCUT2D eigenvalue weighted by Gasteiger charge is 2.20. The van der Waals surface area contributed by atoms with Crippen LogP contribution in [0.2, 0.25) is 0 Å². The van der Waals surface area contributed by atoms with Crippen LogP contribution in [-0.4, -0.2) is 47.4 Å². The highest BCUT2D eigenvalue weighted by molar-refractivity contribution is 5.76. The standard InChI is InChI=1S/C86H165NO5/c1-3-5-7-9-11-13-15-17-19-21-23-39-43-46-50-54-58-62-66-70-74-78-84(89)83(82-88)87-85(90)79-75-71-67-63-59-55-51-47-44-40-37-35-33-31-29-27-25-24-26-28-30-32-34-36-38-41-45-49-53-57-61-65-69-73-77-81-92-86(91)80-76-72-68-64-60-56-52-48-42-22-20-18-16-14-12-10-8-6-4-2/h18,20,26,28,32,34,83-84,88-89H,3-17,19,21-25,27,29-31,33,35-82H2,1-2H3,(H,87,90)/b20-18-,28-26-,34-32-. The predicted octanol–water partition coefficient (Wildman–Crippen LogP) is 28.2. The number of ether oxygens (including phenoxy) is 1. The monoisotopic (exact) mass is 1290 g/mol. The summed E-state index contributed by atoms with van der Waals surface area (Å²) in [6.45, 7) is 5.00. The molecule has 0 saturated heterocycles. The highest BCUT2D eigenvalue weighted by atomic mass is 16.5. The number of nitrogens with one attached hydrogen (secondary N) is 1. The molecular formula is C86H165NO5. The molecule has 1 amide bonds. The minimum atomic E-state index is -0.664. The van der Waals surface area contributed by atoms with Crippen LogP contribution in [0.3, 0.4) is 0 Å². The van der Waals surface area contributed by atoms with E-state index in [0.717, 1.165) is 44.9 Å². The van der Waals surface area contributed by atoms with Gasteiger partial charge in [-0.1, -0.05) is 416 Å². The Kier molecular flexibility index (Phi) is 79.8. The summed E-state index contributed by atoms with van der Waals surface area (Å²) in [5.41, 5.74) is 0. The van der Waals surface area contributed by atoms with Crippen molar-refractivity contribution in [1.82, 2.24) is 5.32 Å². The number of aliphatic hydroxyl groups excluding tert-OH is 2. The van der Waals surface area contributed by atoms with Crippen LogP contribution in [0.1, 0.15) is 476 Å². The molecule has 0 spiro atoms. The van der Waals surface area contributed by atoms with E-state index < -0.39 is 12.1 Å². The molecule has 0 aliphatic heterocycles. The number of carbonyl (C=O) groups excluding carboxylic acids is 2. The number of hydrogen-bond donors (Lipinski definition) is 3. The number of unbranched alkanes of at least 4 members (excludes halogenated alkanes) is 63. The second-order valence-corrected chi connectivity index (χ2v) is 29.2. The molecular weight excluding hydrogens is 1130 g/mol. The minimum Gasteiger partial charge on any atom is -0.466 e. The number of allylic oxidation sites excluding steroid dienone is 6. The molecule has 0 saturated carbocycles. The summed E-state index contributed by atoms with van der Waals surface area (Å²) in [6, 6.07) is -0.541. The van der Waals surface area contributed by atoms with Crippen molar-refractivity contribution in [1.29, 1.82) is 0 Å². The summed E-state index contributed by atoms with van der Waals surface area (Å²) < 4.78 is 5.52. The van der Waals surface area contributed by atoms with Gasteiger partial charge in [0.15, 0.2) is 0 Å². The number of carbonyl (C=O) groups is 2. The lowest BCUT2D eigenvalue weighted by Crippen LogP contribution is -2.45. The molecule has 0 aromatic carbocycles. The zero-order valence-electron chi connectivity index (χ0n) is 62.6. The van der Waals surface area contributed by atoms with Crippen LogP contribution in [-0.2, 0) is 14.3 Å². The molecule has 0 aromatic rings. The molecule has 0 aromatic heterocycles. The Morgan fingerprint density at radius 2 is 0.543 bits per heavy atom. The fourth-order valence-corrected chi connectivity index (χ4v) is 13.5. The van der Waals surface area contributed by atoms with E-state index in [2.05, 4.69) is 55.6 Å². The first-order valence-corrected chi connectivity index (χ1v) is 42.2. The van der Waals surface area contributed by atoms with Crippen LogP contribution in [0, 0.1) is 0 Å². The quantitative estimate of drug-likeness (QED) is 0.0320. The van der Waals surface area contributed by atoms with Crippen LogP contribution in [0.25, 0.3) is 0 Å². The molecule has 0 fully saturated rings. The van der Waals surface area contributed by atoms with Crippen molar-refractivity contribution < 1.29 is 24.5 Å². The maximum absolute atomic E-state index is 12.6. The lowest BCUT2D eigenvalue weighted by Gasteiger charge is -2.22. The number of hydrogen-bond acceptors (Lipinski definition) is 5. The molecule has 0 bridgehead atoms. The fourth-order valence-electron chi connectivity index (χ4n) is 13.5. The van der Waals surface area contributed by atoms with Crippen LogP contribution in [0.5, 0.6) is 0 Å². The van der Waals surface area contributed by atoms with E-state index in [-0.39, 0.29) is 18.5 Å². The van der Waals surface area contributed by atoms with Crippen molar-refractivity contribution in [2.45, 2.75) is 488 Å². The summed E-state index contributed by atoms with van der Waals surface area (Å²) in [6.07, 6.45) is 107. The average molecular weight is 1290 g/mol. The molecule has 544 valence electrons. The fraction of sp³-hybridized carbons (Fsp3) is 0.907. The van der Waals surface area contributed by atoms with Crippen LogP contribution in [0.4, 0.5) is 0 Å². The summed E-state index contributed by atoms with van der Waals surface area (Å²) in [5.74, 6) is -0.0100. The van der Waals surface area contributed by atoms with Crippen molar-refractivity contribution in [2.75, 3.05) is 13.2 Å². The number of esters is 1. The van der Waals surface area contributed by atoms with Gasteiger partial charge in [-0.15, -0.1) is 0 Å². The van der Waals surface area contributed by atoms with Crippen molar-refractivity contribution >= 4 is 11.9 Å². The average Bonchev–Trinajstić information content (AvgIpc) is 3.75. The van der Waals surface area contributed by atoms with Gasteiger partial charge in [-0.25, -0.2) is 0 Å². The van der Waals surface area contributed by atoms with E-state index in [0.29, 0.717) is 25.9 Å². The summed E-state index contributed by atoms with van der Waals surface area (Å²) >= 11 is 0. The van der Waals surface area contributed by atoms with Gasteiger partial charge < -0.3 is 20.3 Å². The Labute approximate surface area is 576 Å². The zero-order chi connectivity index (χ0) is 66.3. The molecule has 2 atom stereocenters. The van der Waals surface area contributed by atoms with Crippen molar-refractivity contribution in [3.8, 4) is 0 Å². The van der Waals surface area contributed by atoms with Crippen LogP contribution in [0.15, 0.2) is 36.5 Å². The first-order valence-electron chi connectivity index (χ1n) is 42.2. The van der Waals surface area contributed by atoms with E-state index >= 15 is 0 Å². The van der Waals surface area contributed by atoms with Gasteiger partial charge in [0.2, 0.25) is 5.91 Å². The van der Waals surface area contributed by atoms with E-state index in [4.69, 9.17) is 4.74 Å². The number of aliphatic hydroxyl groups is 2. The van der Waals surface area contributed by atoms with E-state index in [1.165, 1.54) is 398 Å². The zero-order valence-corrected chi connectivity index (χ0v) is 62.6. The Morgan fingerprint density at radius 3 is 0.837 bits per heavy atom. The molecule has 6 nitrogen and oxygen atoms in total. The molecule has 92 heavy (non-hydrogen) atoms. The van der Waals surface area contributed by atoms with Gasteiger partial charge in [0.1, 0.15) is 0 Å². The third-order valence-electron chi connectivity index (χ3n) is 19.9. The molecule has 6 heteroatoms. The lowest BCUT2D eigenvalue weighted by atomic mass is 10.0. The molecule has 3 N–H and O–H groups in total. The smallest absolute Gasteiger partial charge is 0.305 e. The first-order chi connectivity index (χ1) is 45.5. The van der Waals surface area contributed by atoms with Crippen LogP contribution < -0.4 is 5.32 Å². The Morgan fingerprint density at radius 1 is 0.304 bits per heavy atom. The van der Waals surface area contributed by atoms with Gasteiger partial charge in [-0.3, -0.25) is 9.59 Å². The van der Waals surface area contributed by atoms with Gasteiger partial charge in [0, 0.05) is 12.8 Å². The van der Waals surface area contributed by atoms with Crippen molar-refractivity contribution in [2.24, 2.45) is 0 Å². The van der Waals surface area contributed by atoms with Gasteiger partial charge in [0.25, 0.3) is 0 Å². The highest BCUT2D eigenvalue weighted by Crippen LogP contribution is 2.20. The van der Waals surface area contributed by atoms with E-state index in [1.807, 2.05) is 0 Å². The molecule has 0 radical (unpaired) electrons. The largest absolute Gasteiger partial charge is 0.466 e. The van der Waals surface area contributed by atoms with Crippen molar-refractivity contribution in [3.63, 3.8) is 0 Å². The Bertz CT molecular complexity index is 1490. The summed E-state index contributed by atoms with van der Waals surface area (Å²) in [7, 11) is 0. The molecule has 0 heterocycles. The number of rotatable bonds is 80. The second kappa shape index (κ2) is 81.5. The third-order valence-corrected chi connectivity index (χ3v) is 19.9. The topological polar surface area (TPSA) is 95.9 Å². The van der Waals surface area contributed by atoms with E-state index in [9.17, 15) is 19.8 Å². The van der Waals surface area contributed by atoms with Gasteiger partial charge in [-0.2, -0.15) is 0 Å². The second-order valence-electron chi connectivity index (χ2n) is 29.2. The summed E-state index contributed by atoms with van der Waals surface area (Å²) in [5, 5.41) is 23.5. The Hall–Kier alpha value is -1.92. The van der Waals surface area contributed by atoms with E-state index in [1.54, 1.807) is 0 Å². The third kappa shape index (κ3) is 77.1.